The molecule has 1 aromatic rings. The first kappa shape index (κ1) is 20.7. The maximum atomic E-state index is 14.6. The first-order valence-corrected chi connectivity index (χ1v) is 10.2. The van der Waals surface area contributed by atoms with Crippen LogP contribution in [0.5, 0.6) is 0 Å². The Kier molecular flexibility index (Phi) is 6.96. The van der Waals surface area contributed by atoms with Gasteiger partial charge in [0.05, 0.1) is 12.0 Å². The van der Waals surface area contributed by atoms with E-state index in [-0.39, 0.29) is 30.3 Å². The number of carboxylic acid groups (broad SMARTS) is 1. The normalized spacial score (nSPS) is 26.0. The maximum Gasteiger partial charge on any atom is 0.329 e. The summed E-state index contributed by atoms with van der Waals surface area (Å²) < 4.78 is 19.5. The van der Waals surface area contributed by atoms with Crippen molar-refractivity contribution in [1.29, 1.82) is 0 Å². The van der Waals surface area contributed by atoms with Crippen LogP contribution in [0.4, 0.5) is 4.39 Å². The number of ether oxygens (including phenoxy) is 1. The van der Waals surface area contributed by atoms with Crippen molar-refractivity contribution in [1.82, 2.24) is 0 Å². The molecule has 0 amide bonds. The van der Waals surface area contributed by atoms with Crippen LogP contribution >= 0.6 is 11.8 Å². The lowest BCUT2D eigenvalue weighted by Gasteiger charge is -2.24. The zero-order chi connectivity index (χ0) is 20.1. The van der Waals surface area contributed by atoms with Crippen LogP contribution in [0.15, 0.2) is 17.0 Å². The largest absolute Gasteiger partial charge is 0.480 e. The van der Waals surface area contributed by atoms with Gasteiger partial charge in [-0.1, -0.05) is 12.0 Å². The average Bonchev–Trinajstić information content (AvgIpc) is 2.99. The summed E-state index contributed by atoms with van der Waals surface area (Å²) in [5, 5.41) is 19.1. The molecule has 7 heteroatoms. The number of aryl methyl sites for hydroxylation is 1. The zero-order valence-corrected chi connectivity index (χ0v) is 16.2. The predicted molar refractivity (Wildman–Crippen MR) is 104 cm³/mol. The highest BCUT2D eigenvalue weighted by Gasteiger charge is 2.47. The summed E-state index contributed by atoms with van der Waals surface area (Å²) in [4.78, 5) is 14.8. The predicted octanol–water partition coefficient (Wildman–Crippen LogP) is 3.11. The van der Waals surface area contributed by atoms with Crippen molar-refractivity contribution in [2.45, 2.75) is 48.6 Å². The minimum atomic E-state index is -1.05. The summed E-state index contributed by atoms with van der Waals surface area (Å²) in [7, 11) is 0. The van der Waals surface area contributed by atoms with Crippen LogP contribution in [0, 0.1) is 30.1 Å². The molecule has 1 aliphatic heterocycles. The van der Waals surface area contributed by atoms with E-state index in [0.717, 1.165) is 29.7 Å². The summed E-state index contributed by atoms with van der Waals surface area (Å²) in [5.41, 5.74) is 1.72. The molecular formula is C21H22FNO4S. The minimum Gasteiger partial charge on any atom is -0.480 e. The van der Waals surface area contributed by atoms with Gasteiger partial charge in [0.1, 0.15) is 19.0 Å². The molecule has 0 aromatic heterocycles. The van der Waals surface area contributed by atoms with Crippen LogP contribution in [0.25, 0.3) is 4.85 Å². The second kappa shape index (κ2) is 9.43. The van der Waals surface area contributed by atoms with Crippen molar-refractivity contribution in [2.24, 2.45) is 5.92 Å². The van der Waals surface area contributed by atoms with Gasteiger partial charge in [-0.2, -0.15) is 0 Å². The molecular weight excluding hydrogens is 381 g/mol. The number of carbonyl (C=O) groups is 1. The van der Waals surface area contributed by atoms with Crippen LogP contribution in [0.1, 0.15) is 36.3 Å². The number of aliphatic hydroxyl groups excluding tert-OH is 1. The molecule has 0 radical (unpaired) electrons. The fourth-order valence-corrected chi connectivity index (χ4v) is 5.09. The van der Waals surface area contributed by atoms with Crippen LogP contribution in [0.2, 0.25) is 0 Å². The monoisotopic (exact) mass is 403 g/mol. The summed E-state index contributed by atoms with van der Waals surface area (Å²) in [5.74, 6) is 4.78. The van der Waals surface area contributed by atoms with Crippen molar-refractivity contribution in [3.63, 3.8) is 0 Å². The van der Waals surface area contributed by atoms with E-state index in [0.29, 0.717) is 17.7 Å². The van der Waals surface area contributed by atoms with E-state index in [1.165, 1.54) is 17.8 Å². The third kappa shape index (κ3) is 4.67. The standard InChI is InChI=1S/C21H22FNO4S/c1-23-17-11-18(24)20(15(17)6-2-3-7-27-12-19(25)26)14-9-13-5-4-8-28-21(13)16(22)10-14/h9-10,15,17-18,20,24H,4-8,11-12H2,(H,25,26)/t15?,17-,18-,20?/m1/s1. The molecule has 2 N–H and O–H groups in total. The molecule has 1 aliphatic carbocycles. The third-order valence-electron chi connectivity index (χ3n) is 5.25. The Bertz CT molecular complexity index is 841. The molecule has 0 spiro atoms. The zero-order valence-electron chi connectivity index (χ0n) is 15.4. The lowest BCUT2D eigenvalue weighted by molar-refractivity contribution is -0.141. The molecule has 1 saturated carbocycles. The van der Waals surface area contributed by atoms with E-state index in [9.17, 15) is 14.3 Å². The van der Waals surface area contributed by atoms with E-state index in [2.05, 4.69) is 16.7 Å². The minimum absolute atomic E-state index is 0.000376. The number of nitrogens with zero attached hydrogens (tertiary/aromatic N) is 1. The van der Waals surface area contributed by atoms with Gasteiger partial charge in [-0.3, -0.25) is 0 Å². The number of carboxylic acids is 1. The number of hydrogen-bond acceptors (Lipinski definition) is 4. The molecule has 28 heavy (non-hydrogen) atoms. The van der Waals surface area contributed by atoms with Crippen molar-refractivity contribution in [3.05, 3.63) is 40.5 Å². The van der Waals surface area contributed by atoms with Crippen LogP contribution < -0.4 is 0 Å². The number of aliphatic carboxylic acids is 1. The first-order chi connectivity index (χ1) is 13.5. The molecule has 1 fully saturated rings. The van der Waals surface area contributed by atoms with Gasteiger partial charge in [0.2, 0.25) is 6.04 Å². The highest BCUT2D eigenvalue weighted by atomic mass is 32.2. The summed E-state index contributed by atoms with van der Waals surface area (Å²) in [6, 6.07) is 3.12. The van der Waals surface area contributed by atoms with Crippen molar-refractivity contribution < 1.29 is 24.1 Å². The van der Waals surface area contributed by atoms with E-state index >= 15 is 0 Å². The smallest absolute Gasteiger partial charge is 0.329 e. The van der Waals surface area contributed by atoms with Gasteiger partial charge in [0.25, 0.3) is 0 Å². The number of rotatable bonds is 5. The first-order valence-electron chi connectivity index (χ1n) is 9.26. The Morgan fingerprint density at radius 2 is 2.25 bits per heavy atom. The Labute approximate surface area is 168 Å². The second-order valence-corrected chi connectivity index (χ2v) is 8.18. The molecule has 2 aliphatic rings. The molecule has 148 valence electrons. The van der Waals surface area contributed by atoms with Crippen LogP contribution in [-0.2, 0) is 16.0 Å². The lowest BCUT2D eigenvalue weighted by Crippen LogP contribution is -2.20. The van der Waals surface area contributed by atoms with Gasteiger partial charge in [-0.05, 0) is 35.8 Å². The number of benzene rings is 1. The fraction of sp³-hybridized carbons (Fsp3) is 0.524. The van der Waals surface area contributed by atoms with Crippen LogP contribution in [-0.4, -0.2) is 47.3 Å². The third-order valence-corrected chi connectivity index (χ3v) is 6.48. The van der Waals surface area contributed by atoms with Crippen LogP contribution in [0.3, 0.4) is 0 Å². The molecule has 0 saturated heterocycles. The summed E-state index contributed by atoms with van der Waals surface area (Å²) in [6.07, 6.45) is 1.85. The molecule has 5 nitrogen and oxygen atoms in total. The Morgan fingerprint density at radius 1 is 1.43 bits per heavy atom. The van der Waals surface area contributed by atoms with Crippen molar-refractivity contribution in [3.8, 4) is 11.8 Å². The van der Waals surface area contributed by atoms with Gasteiger partial charge >= 0.3 is 5.97 Å². The lowest BCUT2D eigenvalue weighted by atomic mass is 9.83. The maximum absolute atomic E-state index is 14.6. The molecule has 1 heterocycles. The number of thioether (sulfide) groups is 1. The Balaban J connectivity index is 1.78. The van der Waals surface area contributed by atoms with Gasteiger partial charge < -0.3 is 19.8 Å². The summed E-state index contributed by atoms with van der Waals surface area (Å²) >= 11 is 1.53. The number of hydrogen-bond donors (Lipinski definition) is 2. The Morgan fingerprint density at radius 3 is 3.00 bits per heavy atom. The number of halogens is 1. The number of fused-ring (bicyclic) bond motifs is 1. The van der Waals surface area contributed by atoms with E-state index < -0.39 is 18.7 Å². The van der Waals surface area contributed by atoms with E-state index in [1.807, 2.05) is 6.07 Å². The SMILES string of the molecule is [C-]#[N+][C@@H]1C[C@@H](O)C(c2cc(F)c3c(c2)CCCS3)C1CC#CCOCC(=O)O. The summed E-state index contributed by atoms with van der Waals surface area (Å²) in [6.45, 7) is 7.05. The van der Waals surface area contributed by atoms with Gasteiger partial charge in [-0.25, -0.2) is 15.8 Å². The van der Waals surface area contributed by atoms with Gasteiger partial charge in [0.15, 0.2) is 0 Å². The molecule has 2 unspecified atom stereocenters. The molecule has 0 bridgehead atoms. The average molecular weight is 403 g/mol. The topological polar surface area (TPSA) is 71.1 Å². The van der Waals surface area contributed by atoms with Gasteiger partial charge in [-0.15, -0.1) is 17.7 Å². The highest BCUT2D eigenvalue weighted by molar-refractivity contribution is 7.99. The van der Waals surface area contributed by atoms with Crippen molar-refractivity contribution in [2.75, 3.05) is 19.0 Å². The molecule has 3 rings (SSSR count). The molecule has 1 aromatic carbocycles. The fourth-order valence-electron chi connectivity index (χ4n) is 4.06. The quantitative estimate of drug-likeness (QED) is 0.449. The number of aliphatic hydroxyl groups is 1. The second-order valence-electron chi connectivity index (χ2n) is 7.08. The van der Waals surface area contributed by atoms with E-state index in [1.54, 1.807) is 0 Å². The van der Waals surface area contributed by atoms with E-state index in [4.69, 9.17) is 16.4 Å². The molecule has 4 atom stereocenters. The Hall–Kier alpha value is -2.06. The van der Waals surface area contributed by atoms with Crippen molar-refractivity contribution >= 4 is 17.7 Å². The highest BCUT2D eigenvalue weighted by Crippen LogP contribution is 2.45. The van der Waals surface area contributed by atoms with Gasteiger partial charge in [0, 0.05) is 23.7 Å².